The molecule has 184 valence electrons. The number of rotatable bonds is 5. The summed E-state index contributed by atoms with van der Waals surface area (Å²) in [5.41, 5.74) is 2.36. The molecule has 0 radical (unpaired) electrons. The maximum absolute atomic E-state index is 14.7. The molecule has 9 heteroatoms. The minimum absolute atomic E-state index is 0.0528. The Morgan fingerprint density at radius 3 is 2.49 bits per heavy atom. The molecule has 2 fully saturated rings. The third-order valence-corrected chi connectivity index (χ3v) is 6.89. The maximum atomic E-state index is 14.7. The van der Waals surface area contributed by atoms with E-state index in [4.69, 9.17) is 4.74 Å². The maximum Gasteiger partial charge on any atom is 0.257 e. The number of nitrogens with one attached hydrogen (secondary N) is 1. The number of nitrogens with zero attached hydrogens (tertiary/aromatic N) is 4. The third-order valence-electron chi connectivity index (χ3n) is 6.89. The van der Waals surface area contributed by atoms with Crippen LogP contribution in [0.25, 0.3) is 5.69 Å². The molecule has 1 aromatic heterocycles. The van der Waals surface area contributed by atoms with Crippen LogP contribution in [0.1, 0.15) is 34.8 Å². The average molecular weight is 482 g/mol. The lowest BCUT2D eigenvalue weighted by Gasteiger charge is -2.37. The molecule has 0 unspecified atom stereocenters. The van der Waals surface area contributed by atoms with Gasteiger partial charge in [0.1, 0.15) is 17.3 Å². The van der Waals surface area contributed by atoms with Gasteiger partial charge in [0.25, 0.3) is 5.91 Å². The van der Waals surface area contributed by atoms with Crippen LogP contribution in [-0.4, -0.2) is 67.0 Å². The number of benzene rings is 2. The summed E-state index contributed by atoms with van der Waals surface area (Å²) in [4.78, 5) is 17.7. The minimum Gasteiger partial charge on any atom is -0.495 e. The summed E-state index contributed by atoms with van der Waals surface area (Å²) in [5.74, 6) is -0.592. The van der Waals surface area contributed by atoms with E-state index in [9.17, 15) is 13.6 Å². The monoisotopic (exact) mass is 481 g/mol. The number of anilines is 1. The van der Waals surface area contributed by atoms with Gasteiger partial charge in [-0.05, 0) is 50.2 Å². The second-order valence-electron chi connectivity index (χ2n) is 8.93. The van der Waals surface area contributed by atoms with Crippen molar-refractivity contribution in [1.82, 2.24) is 20.0 Å². The molecule has 0 spiro atoms. The molecule has 2 aromatic carbocycles. The molecule has 2 aliphatic heterocycles. The number of amides is 1. The zero-order valence-corrected chi connectivity index (χ0v) is 19.7. The molecule has 1 amide bonds. The molecule has 3 heterocycles. The Bertz CT molecular complexity index is 1200. The number of carbonyl (C=O) groups is 1. The third kappa shape index (κ3) is 4.60. The van der Waals surface area contributed by atoms with E-state index in [2.05, 4.69) is 15.3 Å². The normalized spacial score (nSPS) is 17.0. The van der Waals surface area contributed by atoms with Gasteiger partial charge in [0.2, 0.25) is 0 Å². The van der Waals surface area contributed by atoms with Crippen molar-refractivity contribution in [3.05, 3.63) is 71.6 Å². The Kier molecular flexibility index (Phi) is 6.68. The van der Waals surface area contributed by atoms with Gasteiger partial charge in [-0.1, -0.05) is 12.1 Å². The lowest BCUT2D eigenvalue weighted by atomic mass is 9.91. The molecule has 5 rings (SSSR count). The molecule has 1 N–H and O–H groups in total. The number of halogens is 2. The van der Waals surface area contributed by atoms with Crippen LogP contribution in [-0.2, 0) is 0 Å². The van der Waals surface area contributed by atoms with Gasteiger partial charge in [-0.3, -0.25) is 4.79 Å². The highest BCUT2D eigenvalue weighted by Crippen LogP contribution is 2.33. The van der Waals surface area contributed by atoms with Crippen LogP contribution in [0.5, 0.6) is 5.75 Å². The van der Waals surface area contributed by atoms with Crippen molar-refractivity contribution in [2.75, 3.05) is 51.3 Å². The number of para-hydroxylation sites is 2. The number of methoxy groups -OCH3 is 1. The molecular weight excluding hydrogens is 452 g/mol. The number of ether oxygens (including phenoxy) is 1. The summed E-state index contributed by atoms with van der Waals surface area (Å²) in [6.45, 7) is 4.09. The van der Waals surface area contributed by atoms with Crippen LogP contribution in [0.3, 0.4) is 0 Å². The lowest BCUT2D eigenvalue weighted by molar-refractivity contribution is 0.0744. The summed E-state index contributed by atoms with van der Waals surface area (Å²) in [7, 11) is 1.66. The van der Waals surface area contributed by atoms with E-state index < -0.39 is 11.6 Å². The first-order valence-corrected chi connectivity index (χ1v) is 12.0. The van der Waals surface area contributed by atoms with Crippen LogP contribution in [0, 0.1) is 11.6 Å². The molecule has 0 bridgehead atoms. The molecule has 0 aliphatic carbocycles. The summed E-state index contributed by atoms with van der Waals surface area (Å²) >= 11 is 0. The van der Waals surface area contributed by atoms with Gasteiger partial charge in [0, 0.05) is 38.2 Å². The molecule has 35 heavy (non-hydrogen) atoms. The van der Waals surface area contributed by atoms with Crippen molar-refractivity contribution < 1.29 is 18.3 Å². The highest BCUT2D eigenvalue weighted by atomic mass is 19.1. The Balaban J connectivity index is 1.41. The molecule has 3 aromatic rings. The molecule has 0 atom stereocenters. The first-order valence-electron chi connectivity index (χ1n) is 12.0. The first kappa shape index (κ1) is 23.3. The molecule has 7 nitrogen and oxygen atoms in total. The first-order chi connectivity index (χ1) is 17.1. The zero-order valence-electron chi connectivity index (χ0n) is 19.7. The van der Waals surface area contributed by atoms with Crippen molar-refractivity contribution in [2.24, 2.45) is 0 Å². The molecule has 0 saturated carbocycles. The average Bonchev–Trinajstić information content (AvgIpc) is 3.33. The van der Waals surface area contributed by atoms with E-state index in [1.807, 2.05) is 29.2 Å². The fourth-order valence-corrected chi connectivity index (χ4v) is 5.07. The summed E-state index contributed by atoms with van der Waals surface area (Å²) in [5, 5.41) is 7.74. The van der Waals surface area contributed by atoms with E-state index in [0.29, 0.717) is 37.4 Å². The Labute approximate surface area is 203 Å². The number of hydrogen-bond acceptors (Lipinski definition) is 5. The van der Waals surface area contributed by atoms with Crippen molar-refractivity contribution in [3.8, 4) is 11.4 Å². The van der Waals surface area contributed by atoms with Gasteiger partial charge in [-0.25, -0.2) is 13.5 Å². The van der Waals surface area contributed by atoms with E-state index in [1.165, 1.54) is 23.0 Å². The summed E-state index contributed by atoms with van der Waals surface area (Å²) in [6.07, 6.45) is 3.17. The largest absolute Gasteiger partial charge is 0.495 e. The second-order valence-corrected chi connectivity index (χ2v) is 8.93. The molecular formula is C26H29F2N5O2. The van der Waals surface area contributed by atoms with Crippen LogP contribution in [0.15, 0.2) is 48.7 Å². The van der Waals surface area contributed by atoms with E-state index in [0.717, 1.165) is 43.4 Å². The number of hydrogen-bond donors (Lipinski definition) is 1. The smallest absolute Gasteiger partial charge is 0.257 e. The van der Waals surface area contributed by atoms with Gasteiger partial charge in [0.15, 0.2) is 5.82 Å². The van der Waals surface area contributed by atoms with Crippen molar-refractivity contribution >= 4 is 11.6 Å². The predicted molar refractivity (Wildman–Crippen MR) is 129 cm³/mol. The van der Waals surface area contributed by atoms with E-state index >= 15 is 0 Å². The van der Waals surface area contributed by atoms with E-state index in [-0.39, 0.29) is 17.5 Å². The Morgan fingerprint density at radius 1 is 1.03 bits per heavy atom. The highest BCUT2D eigenvalue weighted by molar-refractivity contribution is 5.95. The number of piperidine rings is 1. The fraction of sp³-hybridized carbons (Fsp3) is 0.385. The van der Waals surface area contributed by atoms with Gasteiger partial charge in [0.05, 0.1) is 30.3 Å². The molecule has 2 saturated heterocycles. The number of carbonyl (C=O) groups excluding carboxylic acids is 1. The standard InChI is InChI=1S/C26H29F2N5O2/c1-35-24-5-3-2-4-23(24)31-12-14-32(15-13-31)26(34)20-17-30-33(22-7-6-19(27)16-21(22)28)25(20)18-8-10-29-11-9-18/h2-7,16-18,29H,8-15H2,1H3. The van der Waals surface area contributed by atoms with Crippen LogP contribution >= 0.6 is 0 Å². The zero-order chi connectivity index (χ0) is 24.4. The lowest BCUT2D eigenvalue weighted by Crippen LogP contribution is -2.49. The van der Waals surface area contributed by atoms with Crippen LogP contribution < -0.4 is 15.0 Å². The second kappa shape index (κ2) is 10.0. The summed E-state index contributed by atoms with van der Waals surface area (Å²) < 4.78 is 35.2. The number of aromatic nitrogens is 2. The van der Waals surface area contributed by atoms with Crippen molar-refractivity contribution in [2.45, 2.75) is 18.8 Å². The van der Waals surface area contributed by atoms with Crippen molar-refractivity contribution in [3.63, 3.8) is 0 Å². The minimum atomic E-state index is -0.701. The van der Waals surface area contributed by atoms with Crippen molar-refractivity contribution in [1.29, 1.82) is 0 Å². The fourth-order valence-electron chi connectivity index (χ4n) is 5.07. The van der Waals surface area contributed by atoms with Gasteiger partial charge >= 0.3 is 0 Å². The Hall–Kier alpha value is -3.46. The van der Waals surface area contributed by atoms with E-state index in [1.54, 1.807) is 7.11 Å². The molecule has 2 aliphatic rings. The van der Waals surface area contributed by atoms with Crippen LogP contribution in [0.2, 0.25) is 0 Å². The van der Waals surface area contributed by atoms with Gasteiger partial charge < -0.3 is 19.9 Å². The predicted octanol–water partition coefficient (Wildman–Crippen LogP) is 3.59. The van der Waals surface area contributed by atoms with Crippen LogP contribution in [0.4, 0.5) is 14.5 Å². The van der Waals surface area contributed by atoms with Gasteiger partial charge in [-0.15, -0.1) is 0 Å². The quantitative estimate of drug-likeness (QED) is 0.604. The topological polar surface area (TPSA) is 62.6 Å². The number of piperazine rings is 1. The Morgan fingerprint density at radius 2 is 1.77 bits per heavy atom. The SMILES string of the molecule is COc1ccccc1N1CCN(C(=O)c2cnn(-c3ccc(F)cc3F)c2C2CCNCC2)CC1. The highest BCUT2D eigenvalue weighted by Gasteiger charge is 2.31. The summed E-state index contributed by atoms with van der Waals surface area (Å²) in [6, 6.07) is 11.3. The van der Waals surface area contributed by atoms with Gasteiger partial charge in [-0.2, -0.15) is 5.10 Å².